The van der Waals surface area contributed by atoms with Crippen molar-refractivity contribution in [3.63, 3.8) is 0 Å². The Bertz CT molecular complexity index is 846. The number of hydrazone groups is 1. The van der Waals surface area contributed by atoms with E-state index in [4.69, 9.17) is 9.47 Å². The molecule has 0 bridgehead atoms. The summed E-state index contributed by atoms with van der Waals surface area (Å²) in [4.78, 5) is 30.4. The Labute approximate surface area is 166 Å². The van der Waals surface area contributed by atoms with Crippen LogP contribution in [0.2, 0.25) is 0 Å². The topological polar surface area (TPSA) is 96.3 Å². The summed E-state index contributed by atoms with van der Waals surface area (Å²) < 4.78 is 25.3. The molecule has 10 nitrogen and oxygen atoms in total. The SMILES string of the molecule is C=C/C(=N\OC)OCC1CN(c2ccc(N3C=NN(C=O)CC3)c(F)c2)C(=O)O1. The predicted molar refractivity (Wildman–Crippen MR) is 103 cm³/mol. The number of nitrogens with zero attached hydrogens (tertiary/aromatic N) is 5. The Hall–Kier alpha value is -3.63. The van der Waals surface area contributed by atoms with E-state index in [0.717, 1.165) is 0 Å². The van der Waals surface area contributed by atoms with Crippen LogP contribution < -0.4 is 9.80 Å². The average molecular weight is 405 g/mol. The smallest absolute Gasteiger partial charge is 0.414 e. The van der Waals surface area contributed by atoms with E-state index in [9.17, 15) is 14.0 Å². The first-order chi connectivity index (χ1) is 14.0. The summed E-state index contributed by atoms with van der Waals surface area (Å²) in [5, 5.41) is 8.73. The number of ether oxygens (including phenoxy) is 2. The molecule has 1 aromatic rings. The van der Waals surface area contributed by atoms with Crippen molar-refractivity contribution < 1.29 is 28.3 Å². The van der Waals surface area contributed by atoms with Crippen LogP contribution >= 0.6 is 0 Å². The maximum Gasteiger partial charge on any atom is 0.414 e. The number of anilines is 2. The van der Waals surface area contributed by atoms with Gasteiger partial charge in [0.25, 0.3) is 0 Å². The van der Waals surface area contributed by atoms with Gasteiger partial charge in [-0.05, 0) is 29.4 Å². The fourth-order valence-corrected chi connectivity index (χ4v) is 2.82. The first-order valence-corrected chi connectivity index (χ1v) is 8.72. The van der Waals surface area contributed by atoms with E-state index in [0.29, 0.717) is 30.9 Å². The van der Waals surface area contributed by atoms with Gasteiger partial charge >= 0.3 is 6.09 Å². The molecule has 1 unspecified atom stereocenters. The Balaban J connectivity index is 1.66. The molecule has 0 N–H and O–H groups in total. The van der Waals surface area contributed by atoms with Crippen LogP contribution in [0.3, 0.4) is 0 Å². The molecule has 0 spiro atoms. The summed E-state index contributed by atoms with van der Waals surface area (Å²) >= 11 is 0. The zero-order chi connectivity index (χ0) is 20.8. The van der Waals surface area contributed by atoms with Gasteiger partial charge in [-0.2, -0.15) is 5.10 Å². The number of benzene rings is 1. The van der Waals surface area contributed by atoms with Crippen LogP contribution in [0.25, 0.3) is 0 Å². The van der Waals surface area contributed by atoms with Crippen molar-refractivity contribution in [3.8, 4) is 0 Å². The molecule has 0 aromatic heterocycles. The van der Waals surface area contributed by atoms with E-state index >= 15 is 0 Å². The van der Waals surface area contributed by atoms with Crippen molar-refractivity contribution in [2.24, 2.45) is 10.3 Å². The van der Waals surface area contributed by atoms with Gasteiger partial charge in [0.2, 0.25) is 12.3 Å². The Morgan fingerprint density at radius 3 is 2.93 bits per heavy atom. The van der Waals surface area contributed by atoms with Crippen LogP contribution in [-0.4, -0.2) is 69.2 Å². The zero-order valence-corrected chi connectivity index (χ0v) is 15.7. The lowest BCUT2D eigenvalue weighted by Crippen LogP contribution is -2.37. The lowest BCUT2D eigenvalue weighted by atomic mass is 10.2. The third-order valence-corrected chi connectivity index (χ3v) is 4.23. The van der Waals surface area contributed by atoms with Crippen LogP contribution in [-0.2, 0) is 19.1 Å². The summed E-state index contributed by atoms with van der Waals surface area (Å²) in [6.45, 7) is 4.53. The normalized spacial score (nSPS) is 19.2. The average Bonchev–Trinajstić information content (AvgIpc) is 3.11. The van der Waals surface area contributed by atoms with Gasteiger partial charge in [0.05, 0.1) is 24.5 Å². The summed E-state index contributed by atoms with van der Waals surface area (Å²) in [5.74, 6) is -0.365. The van der Waals surface area contributed by atoms with Crippen LogP contribution in [0.15, 0.2) is 41.1 Å². The lowest BCUT2D eigenvalue weighted by molar-refractivity contribution is -0.118. The minimum Gasteiger partial charge on any atom is -0.472 e. The molecule has 1 aromatic carbocycles. The van der Waals surface area contributed by atoms with Crippen molar-refractivity contribution in [2.45, 2.75) is 6.10 Å². The summed E-state index contributed by atoms with van der Waals surface area (Å²) in [7, 11) is 1.37. The number of hydrogen-bond acceptors (Lipinski definition) is 8. The quantitative estimate of drug-likeness (QED) is 0.296. The zero-order valence-electron chi connectivity index (χ0n) is 15.7. The first kappa shape index (κ1) is 20.1. The second-order valence-electron chi connectivity index (χ2n) is 6.07. The maximum atomic E-state index is 14.6. The van der Waals surface area contributed by atoms with Gasteiger partial charge < -0.3 is 19.2 Å². The van der Waals surface area contributed by atoms with E-state index in [1.54, 1.807) is 17.0 Å². The molecule has 1 atom stereocenters. The molecule has 0 aliphatic carbocycles. The monoisotopic (exact) mass is 405 g/mol. The highest BCUT2D eigenvalue weighted by Crippen LogP contribution is 2.28. The van der Waals surface area contributed by atoms with Gasteiger partial charge in [0.15, 0.2) is 6.10 Å². The molecule has 0 radical (unpaired) electrons. The summed E-state index contributed by atoms with van der Waals surface area (Å²) in [6, 6.07) is 4.41. The van der Waals surface area contributed by atoms with Crippen molar-refractivity contribution in [3.05, 3.63) is 36.7 Å². The fraction of sp³-hybridized carbons (Fsp3) is 0.333. The molecule has 11 heteroatoms. The van der Waals surface area contributed by atoms with Gasteiger partial charge in [-0.1, -0.05) is 6.58 Å². The molecule has 29 heavy (non-hydrogen) atoms. The number of amides is 2. The van der Waals surface area contributed by atoms with Crippen LogP contribution in [0.1, 0.15) is 0 Å². The maximum absolute atomic E-state index is 14.6. The number of hydrogen-bond donors (Lipinski definition) is 0. The molecule has 2 heterocycles. The molecule has 3 rings (SSSR count). The highest BCUT2D eigenvalue weighted by atomic mass is 19.1. The van der Waals surface area contributed by atoms with Crippen LogP contribution in [0.4, 0.5) is 20.6 Å². The molecular weight excluding hydrogens is 385 g/mol. The molecule has 2 amide bonds. The van der Waals surface area contributed by atoms with Crippen molar-refractivity contribution in [1.82, 2.24) is 5.01 Å². The third-order valence-electron chi connectivity index (χ3n) is 4.23. The third kappa shape index (κ3) is 4.62. The molecule has 2 aliphatic rings. The number of rotatable bonds is 7. The van der Waals surface area contributed by atoms with E-state index in [1.165, 1.54) is 35.5 Å². The van der Waals surface area contributed by atoms with Gasteiger partial charge in [0.1, 0.15) is 25.9 Å². The standard InChI is InChI=1S/C18H20FN5O5/c1-3-17(21-27-2)28-10-14-9-24(18(26)29-14)13-4-5-16(15(19)8-13)22-6-7-23(12-25)20-11-22/h3-5,8,11-12,14H,1,6-7,9-10H2,2H3/b21-17+. The van der Waals surface area contributed by atoms with Crippen molar-refractivity contribution >= 4 is 36.1 Å². The Morgan fingerprint density at radius 2 is 2.31 bits per heavy atom. The van der Waals surface area contributed by atoms with Crippen LogP contribution in [0.5, 0.6) is 0 Å². The first-order valence-electron chi connectivity index (χ1n) is 8.72. The van der Waals surface area contributed by atoms with E-state index in [-0.39, 0.29) is 19.0 Å². The van der Waals surface area contributed by atoms with Crippen molar-refractivity contribution in [2.75, 3.05) is 43.2 Å². The highest BCUT2D eigenvalue weighted by Gasteiger charge is 2.33. The van der Waals surface area contributed by atoms with Gasteiger partial charge in [-0.15, -0.1) is 0 Å². The van der Waals surface area contributed by atoms with Crippen molar-refractivity contribution in [1.29, 1.82) is 0 Å². The Kier molecular flexibility index (Phi) is 6.27. The summed E-state index contributed by atoms with van der Waals surface area (Å²) in [6.07, 6.45) is 2.19. The largest absolute Gasteiger partial charge is 0.472 e. The number of halogens is 1. The molecular formula is C18H20FN5O5. The predicted octanol–water partition coefficient (Wildman–Crippen LogP) is 1.54. The van der Waals surface area contributed by atoms with Gasteiger partial charge in [-0.3, -0.25) is 9.69 Å². The molecule has 1 fully saturated rings. The van der Waals surface area contributed by atoms with E-state index < -0.39 is 18.0 Å². The number of oxime groups is 1. The number of carbonyl (C=O) groups is 2. The number of carbonyl (C=O) groups excluding carboxylic acids is 2. The van der Waals surface area contributed by atoms with Gasteiger partial charge in [-0.25, -0.2) is 14.2 Å². The minimum absolute atomic E-state index is 0.0501. The Morgan fingerprint density at radius 1 is 1.48 bits per heavy atom. The lowest BCUT2D eigenvalue weighted by Gasteiger charge is -2.27. The number of cyclic esters (lactones) is 1. The summed E-state index contributed by atoms with van der Waals surface area (Å²) in [5.41, 5.74) is 0.651. The second-order valence-corrected chi connectivity index (χ2v) is 6.07. The fourth-order valence-electron chi connectivity index (χ4n) is 2.82. The van der Waals surface area contributed by atoms with Crippen LogP contribution in [0, 0.1) is 5.82 Å². The van der Waals surface area contributed by atoms with E-state index in [1.807, 2.05) is 0 Å². The second kappa shape index (κ2) is 9.04. The minimum atomic E-state index is -0.601. The molecule has 2 aliphatic heterocycles. The van der Waals surface area contributed by atoms with Gasteiger partial charge in [0, 0.05) is 6.54 Å². The highest BCUT2D eigenvalue weighted by molar-refractivity contribution is 5.91. The molecule has 1 saturated heterocycles. The molecule has 154 valence electrons. The van der Waals surface area contributed by atoms with E-state index in [2.05, 4.69) is 21.7 Å². The molecule has 0 saturated carbocycles.